The van der Waals surface area contributed by atoms with E-state index >= 15 is 0 Å². The average molecular weight is 698 g/mol. The van der Waals surface area contributed by atoms with Gasteiger partial charge in [-0.15, -0.1) is 11.3 Å². The highest BCUT2D eigenvalue weighted by Gasteiger charge is 2.42. The Hall–Kier alpha value is -3.77. The smallest absolute Gasteiger partial charge is 0.326 e. The maximum atomic E-state index is 14.0. The minimum atomic E-state index is -4.10. The fourth-order valence-electron chi connectivity index (χ4n) is 5.24. The van der Waals surface area contributed by atoms with Crippen molar-refractivity contribution in [2.24, 2.45) is 4.99 Å². The molecular weight excluding hydrogens is 675 g/mol. The van der Waals surface area contributed by atoms with E-state index in [-0.39, 0.29) is 34.3 Å². The molecule has 2 atom stereocenters. The summed E-state index contributed by atoms with van der Waals surface area (Å²) in [5, 5.41) is 6.41. The zero-order valence-corrected chi connectivity index (χ0v) is 26.3. The number of hydrogen-bond donors (Lipinski definition) is 2. The number of aromatic nitrogens is 3. The number of anilines is 1. The lowest BCUT2D eigenvalue weighted by Crippen LogP contribution is -2.39. The summed E-state index contributed by atoms with van der Waals surface area (Å²) in [4.78, 5) is 11.0. The van der Waals surface area contributed by atoms with Gasteiger partial charge in [-0.25, -0.2) is 35.6 Å². The number of rotatable bonds is 9. The molecule has 2 aromatic heterocycles. The van der Waals surface area contributed by atoms with Crippen molar-refractivity contribution in [3.05, 3.63) is 99.1 Å². The molecule has 0 unspecified atom stereocenters. The van der Waals surface area contributed by atoms with E-state index in [4.69, 9.17) is 16.6 Å². The Morgan fingerprint density at radius 1 is 1.09 bits per heavy atom. The number of amidine groups is 1. The van der Waals surface area contributed by atoms with E-state index in [2.05, 4.69) is 19.5 Å². The number of nitrogens with one attached hydrogen (secondary N) is 2. The largest absolute Gasteiger partial charge is 0.333 e. The standard InChI is InChI=1S/C27H23ClF3N7O4S3/c1-44(39,40)35-16-3-5-18(6-4-16)45(41,42)36-17-13-22-23(21-8-10-38(34-21)27(30)31)24(19-7-2-15(29)12-20(19)28)33-25(37(22)14-17)26-32-9-11-43-26/h2-12,17,24,27,35-36H,13-14H2,1H3/t17-,24-/m0/s1. The van der Waals surface area contributed by atoms with Crippen LogP contribution < -0.4 is 9.44 Å². The van der Waals surface area contributed by atoms with Crippen LogP contribution in [0.1, 0.15) is 35.3 Å². The highest BCUT2D eigenvalue weighted by atomic mass is 35.5. The number of benzene rings is 2. The van der Waals surface area contributed by atoms with Gasteiger partial charge in [0.2, 0.25) is 20.0 Å². The third-order valence-corrected chi connectivity index (χ3v) is 10.3. The minimum Gasteiger partial charge on any atom is -0.326 e. The van der Waals surface area contributed by atoms with Crippen molar-refractivity contribution < 1.29 is 30.0 Å². The normalized spacial score (nSPS) is 18.8. The van der Waals surface area contributed by atoms with Crippen molar-refractivity contribution in [2.75, 3.05) is 17.5 Å². The van der Waals surface area contributed by atoms with Gasteiger partial charge in [0.15, 0.2) is 10.8 Å². The molecule has 45 heavy (non-hydrogen) atoms. The van der Waals surface area contributed by atoms with Crippen molar-refractivity contribution >= 4 is 60.1 Å². The molecule has 1 saturated heterocycles. The van der Waals surface area contributed by atoms with Gasteiger partial charge in [0.1, 0.15) is 11.9 Å². The van der Waals surface area contributed by atoms with Crippen LogP contribution in [0.2, 0.25) is 5.02 Å². The van der Waals surface area contributed by atoms with E-state index in [0.29, 0.717) is 32.4 Å². The molecule has 0 bridgehead atoms. The van der Waals surface area contributed by atoms with Gasteiger partial charge in [0.05, 0.1) is 16.8 Å². The first-order valence-corrected chi connectivity index (χ1v) is 17.8. The summed E-state index contributed by atoms with van der Waals surface area (Å²) in [7, 11) is -7.65. The van der Waals surface area contributed by atoms with E-state index in [1.165, 1.54) is 53.8 Å². The lowest BCUT2D eigenvalue weighted by atomic mass is 9.92. The Labute approximate surface area is 265 Å². The van der Waals surface area contributed by atoms with Crippen molar-refractivity contribution in [1.82, 2.24) is 24.4 Å². The van der Waals surface area contributed by atoms with Crippen molar-refractivity contribution in [2.45, 2.75) is 29.9 Å². The lowest BCUT2D eigenvalue weighted by Gasteiger charge is -2.32. The maximum absolute atomic E-state index is 14.0. The van der Waals surface area contributed by atoms with Crippen molar-refractivity contribution in [1.29, 1.82) is 0 Å². The summed E-state index contributed by atoms with van der Waals surface area (Å²) in [5.74, 6) is -0.169. The summed E-state index contributed by atoms with van der Waals surface area (Å²) in [6.07, 6.45) is 3.80. The van der Waals surface area contributed by atoms with Crippen LogP contribution in [0.4, 0.5) is 18.9 Å². The van der Waals surface area contributed by atoms with Gasteiger partial charge in [-0.1, -0.05) is 17.7 Å². The molecule has 2 aromatic carbocycles. The molecule has 11 nitrogen and oxygen atoms in total. The highest BCUT2D eigenvalue weighted by Crippen LogP contribution is 2.46. The zero-order valence-electron chi connectivity index (χ0n) is 23.1. The Balaban J connectivity index is 1.42. The Morgan fingerprint density at radius 3 is 2.47 bits per heavy atom. The van der Waals surface area contributed by atoms with Gasteiger partial charge < -0.3 is 4.90 Å². The second kappa shape index (κ2) is 11.9. The van der Waals surface area contributed by atoms with E-state index < -0.39 is 44.5 Å². The van der Waals surface area contributed by atoms with Crippen LogP contribution in [0, 0.1) is 5.82 Å². The molecule has 236 valence electrons. The topological polar surface area (TPSA) is 139 Å². The van der Waals surface area contributed by atoms with Crippen LogP contribution >= 0.6 is 22.9 Å². The molecule has 2 aliphatic heterocycles. The minimum absolute atomic E-state index is 0.0612. The predicted molar refractivity (Wildman–Crippen MR) is 164 cm³/mol. The van der Waals surface area contributed by atoms with Crippen LogP contribution in [0.25, 0.3) is 5.57 Å². The third kappa shape index (κ3) is 6.48. The third-order valence-electron chi connectivity index (χ3n) is 7.01. The highest BCUT2D eigenvalue weighted by molar-refractivity contribution is 7.92. The number of aliphatic imine (C=N–C) groups is 1. The van der Waals surface area contributed by atoms with Gasteiger partial charge in [0, 0.05) is 64.3 Å². The molecule has 4 aromatic rings. The molecule has 0 spiro atoms. The molecule has 6 rings (SSSR count). The summed E-state index contributed by atoms with van der Waals surface area (Å²) in [6.45, 7) is -2.79. The summed E-state index contributed by atoms with van der Waals surface area (Å²) < 4.78 is 96.5. The van der Waals surface area contributed by atoms with Gasteiger partial charge in [-0.3, -0.25) is 9.71 Å². The second-order valence-corrected chi connectivity index (χ2v) is 15.0. The quantitative estimate of drug-likeness (QED) is 0.255. The van der Waals surface area contributed by atoms with Crippen molar-refractivity contribution in [3.8, 4) is 0 Å². The van der Waals surface area contributed by atoms with Crippen LogP contribution in [0.5, 0.6) is 0 Å². The summed E-state index contributed by atoms with van der Waals surface area (Å²) in [5.41, 5.74) is 1.72. The van der Waals surface area contributed by atoms with Crippen molar-refractivity contribution in [3.63, 3.8) is 0 Å². The number of hydrogen-bond acceptors (Lipinski definition) is 9. The van der Waals surface area contributed by atoms with E-state index in [0.717, 1.165) is 18.5 Å². The lowest BCUT2D eigenvalue weighted by molar-refractivity contribution is 0.0564. The van der Waals surface area contributed by atoms with Crippen LogP contribution in [0.3, 0.4) is 0 Å². The SMILES string of the molecule is CS(=O)(=O)Nc1ccc(S(=O)(=O)N[C@H]2CC3=C(c4ccn(C(F)F)n4)[C@H](c4ccc(F)cc4Cl)N=C(c4nccs4)N3C2)cc1. The number of fused-ring (bicyclic) bond motifs is 1. The Kier molecular flexibility index (Phi) is 8.23. The molecule has 1 fully saturated rings. The molecular formula is C27H23ClF3N7O4S3. The first-order chi connectivity index (χ1) is 21.3. The summed E-state index contributed by atoms with van der Waals surface area (Å²) in [6, 6.07) is 8.80. The maximum Gasteiger partial charge on any atom is 0.333 e. The van der Waals surface area contributed by atoms with Gasteiger partial charge in [-0.2, -0.15) is 13.9 Å². The van der Waals surface area contributed by atoms with Gasteiger partial charge in [-0.05, 0) is 42.5 Å². The predicted octanol–water partition coefficient (Wildman–Crippen LogP) is 4.86. The van der Waals surface area contributed by atoms with Crippen LogP contribution in [-0.2, 0) is 20.0 Å². The Morgan fingerprint density at radius 2 is 1.84 bits per heavy atom. The molecule has 2 aliphatic rings. The zero-order chi connectivity index (χ0) is 32.1. The first-order valence-electron chi connectivity index (χ1n) is 13.2. The Bertz CT molecular complexity index is 2030. The number of nitrogens with zero attached hydrogens (tertiary/aromatic N) is 5. The molecule has 18 heteroatoms. The van der Waals surface area contributed by atoms with Gasteiger partial charge >= 0.3 is 6.55 Å². The first kappa shape index (κ1) is 31.2. The molecule has 0 aliphatic carbocycles. The number of sulfonamides is 2. The average Bonchev–Trinajstić information content (AvgIpc) is 3.73. The second-order valence-electron chi connectivity index (χ2n) is 10.2. The molecule has 0 saturated carbocycles. The van der Waals surface area contributed by atoms with Crippen LogP contribution in [-0.4, -0.2) is 61.2 Å². The number of halogens is 4. The molecule has 0 amide bonds. The van der Waals surface area contributed by atoms with Gasteiger partial charge in [0.25, 0.3) is 0 Å². The molecule has 0 radical (unpaired) electrons. The number of alkyl halides is 2. The monoisotopic (exact) mass is 697 g/mol. The molecule has 2 N–H and O–H groups in total. The van der Waals surface area contributed by atoms with E-state index in [1.54, 1.807) is 16.5 Å². The fourth-order valence-corrected chi connectivity index (χ4v) is 7.94. The van der Waals surface area contributed by atoms with E-state index in [1.807, 2.05) is 0 Å². The summed E-state index contributed by atoms with van der Waals surface area (Å²) >= 11 is 7.78. The fraction of sp³-hybridized carbons (Fsp3) is 0.222. The number of thiazole rings is 1. The molecule has 4 heterocycles. The van der Waals surface area contributed by atoms with Crippen LogP contribution in [0.15, 0.2) is 81.9 Å². The van der Waals surface area contributed by atoms with E-state index in [9.17, 15) is 30.0 Å².